The lowest BCUT2D eigenvalue weighted by molar-refractivity contribution is 0.100. The van der Waals surface area contributed by atoms with Gasteiger partial charge in [-0.3, -0.25) is 9.48 Å². The van der Waals surface area contributed by atoms with E-state index < -0.39 is 5.91 Å². The molecule has 2 aromatic carbocycles. The van der Waals surface area contributed by atoms with Crippen LogP contribution in [0.1, 0.15) is 16.1 Å². The van der Waals surface area contributed by atoms with Gasteiger partial charge >= 0.3 is 0 Å². The molecule has 0 saturated heterocycles. The second-order valence-corrected chi connectivity index (χ2v) is 7.39. The van der Waals surface area contributed by atoms with Gasteiger partial charge in [0.05, 0.1) is 6.54 Å². The molecular formula is C21H16Cl2FN5O2. The summed E-state index contributed by atoms with van der Waals surface area (Å²) in [7, 11) is 0. The van der Waals surface area contributed by atoms with E-state index in [4.69, 9.17) is 27.9 Å². The summed E-state index contributed by atoms with van der Waals surface area (Å²) in [6, 6.07) is 14.5. The zero-order valence-corrected chi connectivity index (χ0v) is 17.5. The number of carbonyl (C=O) groups excluding carboxylic acids is 1. The number of halogens is 3. The van der Waals surface area contributed by atoms with Crippen molar-refractivity contribution in [2.75, 3.05) is 5.32 Å². The van der Waals surface area contributed by atoms with Gasteiger partial charge in [0.25, 0.3) is 5.91 Å². The Morgan fingerprint density at radius 2 is 1.81 bits per heavy atom. The molecule has 0 aliphatic heterocycles. The Morgan fingerprint density at radius 3 is 2.55 bits per heavy atom. The first-order valence-corrected chi connectivity index (χ1v) is 9.92. The first kappa shape index (κ1) is 20.9. The Hall–Kier alpha value is -3.36. The summed E-state index contributed by atoms with van der Waals surface area (Å²) >= 11 is 12.1. The van der Waals surface area contributed by atoms with Crippen LogP contribution in [0.15, 0.2) is 67.0 Å². The zero-order chi connectivity index (χ0) is 21.8. The Balaban J connectivity index is 1.42. The number of benzene rings is 2. The maximum absolute atomic E-state index is 13.1. The lowest BCUT2D eigenvalue weighted by atomic mass is 10.2. The van der Waals surface area contributed by atoms with Gasteiger partial charge in [0.15, 0.2) is 12.5 Å². The van der Waals surface area contributed by atoms with Crippen LogP contribution in [0.25, 0.3) is 0 Å². The Bertz CT molecular complexity index is 1190. The van der Waals surface area contributed by atoms with E-state index in [0.717, 1.165) is 5.56 Å². The molecule has 0 aliphatic rings. The average molecular weight is 460 g/mol. The second-order valence-electron chi connectivity index (χ2n) is 6.55. The molecular weight excluding hydrogens is 444 g/mol. The summed E-state index contributed by atoms with van der Waals surface area (Å²) in [5, 5.41) is 12.0. The molecule has 0 aliphatic carbocycles. The molecule has 0 spiro atoms. The van der Waals surface area contributed by atoms with Crippen molar-refractivity contribution in [1.82, 2.24) is 19.6 Å². The number of anilines is 1. The van der Waals surface area contributed by atoms with Crippen LogP contribution in [0.5, 0.6) is 5.75 Å². The molecule has 2 heterocycles. The van der Waals surface area contributed by atoms with Gasteiger partial charge in [0.1, 0.15) is 22.3 Å². The minimum absolute atomic E-state index is 0.0319. The van der Waals surface area contributed by atoms with Crippen LogP contribution in [0, 0.1) is 5.82 Å². The average Bonchev–Trinajstić information content (AvgIpc) is 3.36. The van der Waals surface area contributed by atoms with Crippen LogP contribution in [0.3, 0.4) is 0 Å². The number of rotatable bonds is 7. The van der Waals surface area contributed by atoms with Gasteiger partial charge < -0.3 is 10.1 Å². The summed E-state index contributed by atoms with van der Waals surface area (Å²) in [6.07, 6.45) is 3.08. The fourth-order valence-electron chi connectivity index (χ4n) is 2.81. The van der Waals surface area contributed by atoms with Gasteiger partial charge in [-0.05, 0) is 48.0 Å². The van der Waals surface area contributed by atoms with Crippen molar-refractivity contribution in [3.05, 3.63) is 94.1 Å². The second kappa shape index (κ2) is 9.20. The number of amides is 1. The van der Waals surface area contributed by atoms with E-state index in [0.29, 0.717) is 17.3 Å². The minimum atomic E-state index is -0.439. The number of nitrogens with one attached hydrogen (secondary N) is 1. The standard InChI is InChI=1S/C21H16Cl2FN5O2/c22-15-3-7-17(8-4-15)31-13-29-19(9-10-25-29)21(30)26-20-18(23)12-28(27-20)11-14-1-5-16(24)6-2-14/h1-10,12H,11,13H2,(H,26,27,30). The van der Waals surface area contributed by atoms with Crippen molar-refractivity contribution < 1.29 is 13.9 Å². The van der Waals surface area contributed by atoms with Crippen LogP contribution in [0.2, 0.25) is 10.0 Å². The summed E-state index contributed by atoms with van der Waals surface area (Å²) in [5.74, 6) is 0.0481. The van der Waals surface area contributed by atoms with E-state index in [2.05, 4.69) is 15.5 Å². The third kappa shape index (κ3) is 5.22. The van der Waals surface area contributed by atoms with Crippen LogP contribution in [-0.2, 0) is 13.3 Å². The third-order valence-electron chi connectivity index (χ3n) is 4.32. The van der Waals surface area contributed by atoms with Gasteiger partial charge in [-0.25, -0.2) is 9.07 Å². The Morgan fingerprint density at radius 1 is 1.06 bits per heavy atom. The topological polar surface area (TPSA) is 74.0 Å². The molecule has 2 aromatic heterocycles. The van der Waals surface area contributed by atoms with Crippen molar-refractivity contribution in [1.29, 1.82) is 0 Å². The number of ether oxygens (including phenoxy) is 1. The van der Waals surface area contributed by atoms with Crippen molar-refractivity contribution >= 4 is 34.9 Å². The van der Waals surface area contributed by atoms with Gasteiger partial charge in [-0.2, -0.15) is 10.2 Å². The quantitative estimate of drug-likeness (QED) is 0.428. The smallest absolute Gasteiger partial charge is 0.275 e. The molecule has 4 rings (SSSR count). The SMILES string of the molecule is O=C(Nc1nn(Cc2ccc(F)cc2)cc1Cl)c1ccnn1COc1ccc(Cl)cc1. The van der Waals surface area contributed by atoms with Crippen LogP contribution < -0.4 is 10.1 Å². The number of nitrogens with zero attached hydrogens (tertiary/aromatic N) is 4. The molecule has 0 fully saturated rings. The molecule has 0 atom stereocenters. The highest BCUT2D eigenvalue weighted by molar-refractivity contribution is 6.33. The fraction of sp³-hybridized carbons (Fsp3) is 0.0952. The van der Waals surface area contributed by atoms with E-state index in [1.54, 1.807) is 53.3 Å². The van der Waals surface area contributed by atoms with Gasteiger partial charge in [-0.15, -0.1) is 0 Å². The lowest BCUT2D eigenvalue weighted by Crippen LogP contribution is -2.20. The van der Waals surface area contributed by atoms with E-state index in [1.807, 2.05) is 0 Å². The fourth-order valence-corrected chi connectivity index (χ4v) is 3.13. The van der Waals surface area contributed by atoms with Crippen molar-refractivity contribution in [3.63, 3.8) is 0 Å². The summed E-state index contributed by atoms with van der Waals surface area (Å²) in [6.45, 7) is 0.410. The largest absolute Gasteiger partial charge is 0.471 e. The summed E-state index contributed by atoms with van der Waals surface area (Å²) in [5.41, 5.74) is 1.12. The molecule has 10 heteroatoms. The first-order chi connectivity index (χ1) is 15.0. The minimum Gasteiger partial charge on any atom is -0.471 e. The van der Waals surface area contributed by atoms with Crippen molar-refractivity contribution in [2.24, 2.45) is 0 Å². The number of hydrogen-bond acceptors (Lipinski definition) is 4. The van der Waals surface area contributed by atoms with Gasteiger partial charge in [-0.1, -0.05) is 35.3 Å². The molecule has 0 bridgehead atoms. The summed E-state index contributed by atoms with van der Waals surface area (Å²) < 4.78 is 21.7. The van der Waals surface area contributed by atoms with Crippen molar-refractivity contribution in [2.45, 2.75) is 13.3 Å². The summed E-state index contributed by atoms with van der Waals surface area (Å²) in [4.78, 5) is 12.7. The number of aromatic nitrogens is 4. The predicted molar refractivity (Wildman–Crippen MR) is 115 cm³/mol. The molecule has 1 N–H and O–H groups in total. The highest BCUT2D eigenvalue weighted by Gasteiger charge is 2.16. The Labute approximate surface area is 187 Å². The monoisotopic (exact) mass is 459 g/mol. The van der Waals surface area contributed by atoms with E-state index in [1.165, 1.54) is 23.0 Å². The number of hydrogen-bond donors (Lipinski definition) is 1. The van der Waals surface area contributed by atoms with Crippen LogP contribution >= 0.6 is 23.2 Å². The third-order valence-corrected chi connectivity index (χ3v) is 4.85. The van der Waals surface area contributed by atoms with E-state index in [9.17, 15) is 9.18 Å². The van der Waals surface area contributed by atoms with Crippen molar-refractivity contribution in [3.8, 4) is 5.75 Å². The molecule has 4 aromatic rings. The van der Waals surface area contributed by atoms with E-state index in [-0.39, 0.29) is 29.1 Å². The lowest BCUT2D eigenvalue weighted by Gasteiger charge is -2.09. The number of carbonyl (C=O) groups is 1. The van der Waals surface area contributed by atoms with Crippen LogP contribution in [0.4, 0.5) is 10.2 Å². The van der Waals surface area contributed by atoms with E-state index >= 15 is 0 Å². The van der Waals surface area contributed by atoms with Gasteiger partial charge in [0.2, 0.25) is 0 Å². The maximum atomic E-state index is 13.1. The first-order valence-electron chi connectivity index (χ1n) is 9.17. The Kier molecular flexibility index (Phi) is 6.20. The molecule has 7 nitrogen and oxygen atoms in total. The molecule has 0 unspecified atom stereocenters. The molecule has 0 saturated carbocycles. The molecule has 1 amide bonds. The zero-order valence-electron chi connectivity index (χ0n) is 16.0. The highest BCUT2D eigenvalue weighted by atomic mass is 35.5. The molecule has 0 radical (unpaired) electrons. The maximum Gasteiger partial charge on any atom is 0.275 e. The highest BCUT2D eigenvalue weighted by Crippen LogP contribution is 2.21. The van der Waals surface area contributed by atoms with Gasteiger partial charge in [0, 0.05) is 17.4 Å². The predicted octanol–water partition coefficient (Wildman–Crippen LogP) is 4.86. The normalized spacial score (nSPS) is 10.8. The molecule has 31 heavy (non-hydrogen) atoms. The molecule has 158 valence electrons. The van der Waals surface area contributed by atoms with Crippen LogP contribution in [-0.4, -0.2) is 25.5 Å².